The van der Waals surface area contributed by atoms with Crippen molar-refractivity contribution in [1.82, 2.24) is 0 Å². The van der Waals surface area contributed by atoms with Crippen LogP contribution in [0.2, 0.25) is 0 Å². The summed E-state index contributed by atoms with van der Waals surface area (Å²) < 4.78 is 13.2. The Kier molecular flexibility index (Phi) is 3.20. The van der Waals surface area contributed by atoms with E-state index in [1.807, 2.05) is 11.8 Å². The lowest BCUT2D eigenvalue weighted by Gasteiger charge is -2.52. The first-order valence-electron chi connectivity index (χ1n) is 6.90. The van der Waals surface area contributed by atoms with Crippen LogP contribution in [0.4, 0.5) is 10.1 Å². The van der Waals surface area contributed by atoms with E-state index >= 15 is 0 Å². The highest BCUT2D eigenvalue weighted by molar-refractivity contribution is 7.99. The van der Waals surface area contributed by atoms with Crippen molar-refractivity contribution in [2.24, 2.45) is 16.1 Å². The van der Waals surface area contributed by atoms with Crippen molar-refractivity contribution in [2.75, 3.05) is 23.0 Å². The molecule has 1 saturated heterocycles. The zero-order valence-electron chi connectivity index (χ0n) is 11.9. The molecule has 108 valence electrons. The molecule has 0 amide bonds. The molecule has 0 aliphatic carbocycles. The quantitative estimate of drug-likeness (QED) is 0.865. The van der Waals surface area contributed by atoms with E-state index < -0.39 is 0 Å². The van der Waals surface area contributed by atoms with E-state index in [2.05, 4.69) is 23.7 Å². The van der Waals surface area contributed by atoms with Crippen LogP contribution >= 0.6 is 11.8 Å². The number of benzene rings is 1. The Morgan fingerprint density at radius 1 is 1.30 bits per heavy atom. The Balaban J connectivity index is 2.05. The molecule has 2 aliphatic heterocycles. The summed E-state index contributed by atoms with van der Waals surface area (Å²) in [6, 6.07) is 6.55. The first-order chi connectivity index (χ1) is 9.46. The van der Waals surface area contributed by atoms with E-state index in [1.54, 1.807) is 12.1 Å². The molecule has 1 aromatic carbocycles. The van der Waals surface area contributed by atoms with Gasteiger partial charge in [-0.15, -0.1) is 0 Å². The molecule has 1 spiro atoms. The van der Waals surface area contributed by atoms with Gasteiger partial charge in [-0.3, -0.25) is 4.99 Å². The normalized spacial score (nSPS) is 28.8. The summed E-state index contributed by atoms with van der Waals surface area (Å²) >= 11 is 1.95. The molecule has 2 aliphatic rings. The van der Waals surface area contributed by atoms with E-state index in [0.717, 1.165) is 24.4 Å². The average Bonchev–Trinajstić information content (AvgIpc) is 2.74. The van der Waals surface area contributed by atoms with Crippen LogP contribution in [0.25, 0.3) is 0 Å². The van der Waals surface area contributed by atoms with Crippen LogP contribution in [0.15, 0.2) is 29.3 Å². The van der Waals surface area contributed by atoms with Crippen LogP contribution in [0.3, 0.4) is 0 Å². The van der Waals surface area contributed by atoms with E-state index in [1.165, 1.54) is 17.9 Å². The number of rotatable bonds is 1. The van der Waals surface area contributed by atoms with Gasteiger partial charge < -0.3 is 10.6 Å². The Labute approximate surface area is 123 Å². The Morgan fingerprint density at radius 2 is 2.00 bits per heavy atom. The molecule has 1 unspecified atom stereocenters. The number of nitrogens with two attached hydrogens (primary N) is 1. The predicted molar refractivity (Wildman–Crippen MR) is 83.8 cm³/mol. The van der Waals surface area contributed by atoms with Crippen LogP contribution in [0.5, 0.6) is 0 Å². The molecule has 0 saturated carbocycles. The van der Waals surface area contributed by atoms with Gasteiger partial charge in [0.05, 0.1) is 12.1 Å². The van der Waals surface area contributed by atoms with Gasteiger partial charge in [0.2, 0.25) is 0 Å². The van der Waals surface area contributed by atoms with Gasteiger partial charge in [-0.05, 0) is 41.9 Å². The van der Waals surface area contributed by atoms with Crippen molar-refractivity contribution in [3.63, 3.8) is 0 Å². The number of guanidine groups is 1. The third-order valence-electron chi connectivity index (χ3n) is 4.72. The fraction of sp³-hybridized carbons (Fsp3) is 0.533. The van der Waals surface area contributed by atoms with Crippen molar-refractivity contribution in [3.8, 4) is 0 Å². The third kappa shape index (κ3) is 1.91. The van der Waals surface area contributed by atoms with Gasteiger partial charge in [0.1, 0.15) is 5.82 Å². The molecular formula is C15H20FN3S. The molecule has 0 aromatic heterocycles. The maximum atomic E-state index is 13.2. The molecule has 5 heteroatoms. The maximum Gasteiger partial charge on any atom is 0.196 e. The van der Waals surface area contributed by atoms with Crippen molar-refractivity contribution in [3.05, 3.63) is 30.1 Å². The van der Waals surface area contributed by atoms with Gasteiger partial charge in [0, 0.05) is 11.4 Å². The smallest absolute Gasteiger partial charge is 0.196 e. The Morgan fingerprint density at radius 3 is 2.65 bits per heavy atom. The van der Waals surface area contributed by atoms with Crippen molar-refractivity contribution >= 4 is 23.4 Å². The number of anilines is 1. The second-order valence-electron chi connectivity index (χ2n) is 6.20. The largest absolute Gasteiger partial charge is 0.369 e. The number of nitrogens with zero attached hydrogens (tertiary/aromatic N) is 2. The zero-order valence-corrected chi connectivity index (χ0v) is 12.7. The standard InChI is InChI=1S/C15H20FN3S/c1-14(2)7-8-20-10-15(14)9-18-13(17)19(15)12-5-3-11(16)4-6-12/h3-6H,7-10H2,1-2H3,(H2,17,18). The maximum absolute atomic E-state index is 13.2. The monoisotopic (exact) mass is 293 g/mol. The summed E-state index contributed by atoms with van der Waals surface area (Å²) in [6.07, 6.45) is 1.14. The number of hydrogen-bond acceptors (Lipinski definition) is 4. The summed E-state index contributed by atoms with van der Waals surface area (Å²) in [5.74, 6) is 2.50. The second-order valence-corrected chi connectivity index (χ2v) is 7.31. The van der Waals surface area contributed by atoms with Crippen molar-refractivity contribution < 1.29 is 4.39 Å². The minimum absolute atomic E-state index is 0.0994. The van der Waals surface area contributed by atoms with Gasteiger partial charge in [0.15, 0.2) is 5.96 Å². The van der Waals surface area contributed by atoms with E-state index in [4.69, 9.17) is 5.73 Å². The number of halogens is 1. The lowest BCUT2D eigenvalue weighted by Crippen LogP contribution is -2.63. The fourth-order valence-electron chi connectivity index (χ4n) is 3.17. The number of thioether (sulfide) groups is 1. The molecule has 0 radical (unpaired) electrons. The molecule has 1 aromatic rings. The van der Waals surface area contributed by atoms with Gasteiger partial charge in [-0.1, -0.05) is 13.8 Å². The van der Waals surface area contributed by atoms with Gasteiger partial charge in [-0.2, -0.15) is 11.8 Å². The summed E-state index contributed by atoms with van der Waals surface area (Å²) in [5.41, 5.74) is 7.10. The van der Waals surface area contributed by atoms with Crippen LogP contribution < -0.4 is 10.6 Å². The molecule has 1 atom stereocenters. The van der Waals surface area contributed by atoms with E-state index in [-0.39, 0.29) is 16.8 Å². The Hall–Kier alpha value is -1.23. The van der Waals surface area contributed by atoms with Crippen molar-refractivity contribution in [1.29, 1.82) is 0 Å². The van der Waals surface area contributed by atoms with Gasteiger partial charge in [0.25, 0.3) is 0 Å². The zero-order chi connectivity index (χ0) is 14.4. The van der Waals surface area contributed by atoms with Crippen molar-refractivity contribution in [2.45, 2.75) is 25.8 Å². The molecule has 2 N–H and O–H groups in total. The first kappa shape index (κ1) is 13.7. The lowest BCUT2D eigenvalue weighted by molar-refractivity contribution is 0.192. The van der Waals surface area contributed by atoms with Crippen LogP contribution in [-0.2, 0) is 0 Å². The van der Waals surface area contributed by atoms with Gasteiger partial charge in [-0.25, -0.2) is 4.39 Å². The van der Waals surface area contributed by atoms with E-state index in [0.29, 0.717) is 5.96 Å². The molecule has 0 bridgehead atoms. The molecule has 1 fully saturated rings. The highest BCUT2D eigenvalue weighted by atomic mass is 32.2. The molecule has 3 nitrogen and oxygen atoms in total. The van der Waals surface area contributed by atoms with Crippen LogP contribution in [-0.4, -0.2) is 29.5 Å². The molecular weight excluding hydrogens is 273 g/mol. The molecule has 3 rings (SSSR count). The third-order valence-corrected chi connectivity index (χ3v) is 5.89. The topological polar surface area (TPSA) is 41.6 Å². The fourth-order valence-corrected chi connectivity index (χ4v) is 4.91. The molecule has 2 heterocycles. The predicted octanol–water partition coefficient (Wildman–Crippen LogP) is 2.86. The SMILES string of the molecule is CC1(C)CCSCC12CN=C(N)N2c1ccc(F)cc1. The number of aliphatic imine (C=N–C) groups is 1. The minimum Gasteiger partial charge on any atom is -0.369 e. The highest BCUT2D eigenvalue weighted by Gasteiger charge is 2.54. The summed E-state index contributed by atoms with van der Waals surface area (Å²) in [5, 5.41) is 0. The van der Waals surface area contributed by atoms with E-state index in [9.17, 15) is 4.39 Å². The first-order valence-corrected chi connectivity index (χ1v) is 8.05. The van der Waals surface area contributed by atoms with Gasteiger partial charge >= 0.3 is 0 Å². The van der Waals surface area contributed by atoms with Crippen LogP contribution in [0, 0.1) is 11.2 Å². The van der Waals surface area contributed by atoms with Crippen LogP contribution in [0.1, 0.15) is 20.3 Å². The minimum atomic E-state index is -0.227. The summed E-state index contributed by atoms with van der Waals surface area (Å²) in [6.45, 7) is 5.30. The summed E-state index contributed by atoms with van der Waals surface area (Å²) in [4.78, 5) is 6.63. The highest BCUT2D eigenvalue weighted by Crippen LogP contribution is 2.49. The average molecular weight is 293 g/mol. The lowest BCUT2D eigenvalue weighted by atomic mass is 9.70. The second kappa shape index (κ2) is 4.65. The summed E-state index contributed by atoms with van der Waals surface area (Å²) in [7, 11) is 0. The molecule has 20 heavy (non-hydrogen) atoms. The Bertz CT molecular complexity index is 541. The number of hydrogen-bond donors (Lipinski definition) is 1.